The van der Waals surface area contributed by atoms with Crippen LogP contribution in [0, 0.1) is 16.7 Å². The first-order valence-electron chi connectivity index (χ1n) is 12.8. The topological polar surface area (TPSA) is 160 Å². The van der Waals surface area contributed by atoms with Gasteiger partial charge in [-0.1, -0.05) is 26.0 Å². The average molecular weight is 534 g/mol. The zero-order valence-corrected chi connectivity index (χ0v) is 22.2. The van der Waals surface area contributed by atoms with Crippen LogP contribution in [0.3, 0.4) is 0 Å². The molecule has 198 valence electrons. The van der Waals surface area contributed by atoms with Gasteiger partial charge in [-0.25, -0.2) is 23.1 Å². The molecule has 2 saturated carbocycles. The minimum absolute atomic E-state index is 0.0114. The highest BCUT2D eigenvalue weighted by Gasteiger charge is 2.70. The van der Waals surface area contributed by atoms with E-state index in [0.717, 1.165) is 34.3 Å². The Morgan fingerprint density at radius 1 is 1.21 bits per heavy atom. The zero-order valence-electron chi connectivity index (χ0n) is 21.4. The highest BCUT2D eigenvalue weighted by molar-refractivity contribution is 7.91. The number of benzene rings is 2. The quantitative estimate of drug-likeness (QED) is 0.201. The normalized spacial score (nSPS) is 22.6. The Bertz CT molecular complexity index is 1720. The molecule has 6 rings (SSSR count). The molecule has 0 amide bonds. The van der Waals surface area contributed by atoms with E-state index in [2.05, 4.69) is 14.7 Å². The molecule has 2 atom stereocenters. The van der Waals surface area contributed by atoms with E-state index >= 15 is 0 Å². The number of hydrogen-bond acceptors (Lipinski definition) is 6. The molecule has 11 heteroatoms. The fourth-order valence-electron chi connectivity index (χ4n) is 6.65. The maximum Gasteiger partial charge on any atom is 0.225 e. The first kappa shape index (κ1) is 24.7. The third-order valence-electron chi connectivity index (χ3n) is 8.78. The van der Waals surface area contributed by atoms with Gasteiger partial charge in [-0.3, -0.25) is 10.2 Å². The molecule has 10 nitrogen and oxygen atoms in total. The average Bonchev–Trinajstić information content (AvgIpc) is 3.55. The molecule has 0 radical (unpaired) electrons. The van der Waals surface area contributed by atoms with Crippen LogP contribution in [-0.4, -0.2) is 50.8 Å². The number of aromatic nitrogens is 4. The third-order valence-corrected chi connectivity index (χ3v) is 11.2. The van der Waals surface area contributed by atoms with Crippen molar-refractivity contribution in [1.29, 1.82) is 5.41 Å². The Morgan fingerprint density at radius 3 is 2.71 bits per heavy atom. The second-order valence-electron chi connectivity index (χ2n) is 11.0. The van der Waals surface area contributed by atoms with Gasteiger partial charge in [-0.15, -0.1) is 0 Å². The van der Waals surface area contributed by atoms with Crippen molar-refractivity contribution >= 4 is 43.7 Å². The second kappa shape index (κ2) is 8.47. The summed E-state index contributed by atoms with van der Waals surface area (Å²) in [5.74, 6) is 1.39. The van der Waals surface area contributed by atoms with Crippen LogP contribution in [0.15, 0.2) is 42.5 Å². The molecule has 2 aliphatic carbocycles. The molecule has 0 saturated heterocycles. The number of fused-ring (bicyclic) bond motifs is 4. The number of carbonyl (C=O) groups is 1. The molecule has 2 bridgehead atoms. The van der Waals surface area contributed by atoms with Gasteiger partial charge in [0.15, 0.2) is 5.78 Å². The number of ketones is 1. The summed E-state index contributed by atoms with van der Waals surface area (Å²) < 4.78 is 30.6. The van der Waals surface area contributed by atoms with E-state index in [4.69, 9.17) is 16.1 Å². The van der Waals surface area contributed by atoms with E-state index in [1.54, 1.807) is 12.1 Å². The van der Waals surface area contributed by atoms with Crippen LogP contribution in [0.25, 0.3) is 22.1 Å². The summed E-state index contributed by atoms with van der Waals surface area (Å²) in [6.07, 6.45) is 1.90. The molecule has 4 aromatic rings. The lowest BCUT2D eigenvalue weighted by Gasteiger charge is -2.35. The Kier molecular flexibility index (Phi) is 5.52. The summed E-state index contributed by atoms with van der Waals surface area (Å²) in [7, 11) is -3.87. The van der Waals surface area contributed by atoms with Crippen LogP contribution in [0.5, 0.6) is 0 Å². The summed E-state index contributed by atoms with van der Waals surface area (Å²) in [6.45, 7) is 4.34. The van der Waals surface area contributed by atoms with Crippen molar-refractivity contribution in [3.8, 4) is 0 Å². The van der Waals surface area contributed by atoms with E-state index in [0.29, 0.717) is 37.2 Å². The number of rotatable bonds is 8. The van der Waals surface area contributed by atoms with Gasteiger partial charge in [-0.05, 0) is 54.5 Å². The number of nitrogens with zero attached hydrogens (tertiary/aromatic N) is 3. The number of nitrogens with one attached hydrogen (secondary N) is 3. The lowest BCUT2D eigenvalue weighted by Crippen LogP contribution is -2.55. The maximum absolute atomic E-state index is 13.6. The minimum Gasteiger partial charge on any atom is -0.384 e. The number of hydrogen-bond donors (Lipinski definition) is 4. The maximum atomic E-state index is 13.6. The number of para-hydroxylation sites is 2. The van der Waals surface area contributed by atoms with E-state index in [-0.39, 0.29) is 24.1 Å². The number of nitrogens with two attached hydrogens (primary N) is 1. The molecule has 0 spiro atoms. The summed E-state index contributed by atoms with van der Waals surface area (Å²) in [6, 6.07) is 13.1. The molecule has 5 N–H and O–H groups in total. The number of carbonyl (C=O) groups excluding carboxylic acids is 1. The number of H-pyrrole nitrogens is 1. The fourth-order valence-corrected chi connectivity index (χ4v) is 8.89. The largest absolute Gasteiger partial charge is 0.384 e. The number of nitrogen functional groups attached to an aromatic ring is 1. The summed E-state index contributed by atoms with van der Waals surface area (Å²) in [5, 5.41) is 7.67. The highest BCUT2D eigenvalue weighted by atomic mass is 32.2. The Hall–Kier alpha value is -3.57. The third kappa shape index (κ3) is 3.52. The number of Topliss-reactive ketones (excluding diaryl/α,β-unsaturated/α-hetero) is 1. The van der Waals surface area contributed by atoms with E-state index in [9.17, 15) is 13.2 Å². The van der Waals surface area contributed by atoms with Gasteiger partial charge in [0.05, 0.1) is 28.5 Å². The number of imidazole rings is 2. The SMILES string of the molecule is CC1(C)C2CCC1(S(=O)(=O)NCCn1c(Cc3nc4ccc(C(=N)N)cc4[nH]3)nc3ccccc31)C(=O)C2. The van der Waals surface area contributed by atoms with Crippen LogP contribution >= 0.6 is 0 Å². The number of sulfonamides is 1. The molecule has 2 unspecified atom stereocenters. The van der Waals surface area contributed by atoms with Gasteiger partial charge >= 0.3 is 0 Å². The second-order valence-corrected chi connectivity index (χ2v) is 13.0. The number of aromatic amines is 1. The van der Waals surface area contributed by atoms with Crippen LogP contribution in [0.2, 0.25) is 0 Å². The van der Waals surface area contributed by atoms with Gasteiger partial charge in [0.2, 0.25) is 10.0 Å². The van der Waals surface area contributed by atoms with Crippen molar-refractivity contribution in [1.82, 2.24) is 24.2 Å². The molecular formula is C27H31N7O3S. The standard InChI is InChI=1S/C27H31N7O3S/c1-26(2)17-9-10-27(26,22(35)14-17)38(36,37)30-11-12-34-21-6-4-3-5-19(21)33-24(34)15-23-31-18-8-7-16(25(28)29)13-20(18)32-23/h3-8,13,17,30H,9-12,14-15H2,1-2H3,(H3,28,29)(H,31,32). The van der Waals surface area contributed by atoms with Gasteiger partial charge in [-0.2, -0.15) is 0 Å². The predicted octanol–water partition coefficient (Wildman–Crippen LogP) is 2.85. The summed E-state index contributed by atoms with van der Waals surface area (Å²) in [4.78, 5) is 25.7. The van der Waals surface area contributed by atoms with Gasteiger partial charge in [0.25, 0.3) is 0 Å². The van der Waals surface area contributed by atoms with Crippen molar-refractivity contribution in [3.05, 3.63) is 59.7 Å². The van der Waals surface area contributed by atoms with Crippen LogP contribution < -0.4 is 10.5 Å². The van der Waals surface area contributed by atoms with Gasteiger partial charge in [0.1, 0.15) is 22.2 Å². The Balaban J connectivity index is 1.27. The highest BCUT2D eigenvalue weighted by Crippen LogP contribution is 2.61. The predicted molar refractivity (Wildman–Crippen MR) is 145 cm³/mol. The molecular weight excluding hydrogens is 502 g/mol. The molecule has 2 aromatic carbocycles. The smallest absolute Gasteiger partial charge is 0.225 e. The van der Waals surface area contributed by atoms with Gasteiger partial charge < -0.3 is 15.3 Å². The van der Waals surface area contributed by atoms with Crippen molar-refractivity contribution < 1.29 is 13.2 Å². The Labute approximate surface area is 220 Å². The van der Waals surface area contributed by atoms with Crippen molar-refractivity contribution in [3.63, 3.8) is 0 Å². The van der Waals surface area contributed by atoms with E-state index in [1.165, 1.54) is 0 Å². The van der Waals surface area contributed by atoms with Crippen LogP contribution in [0.1, 0.15) is 50.3 Å². The summed E-state index contributed by atoms with van der Waals surface area (Å²) in [5.41, 5.74) is 8.91. The molecule has 2 aromatic heterocycles. The van der Waals surface area contributed by atoms with Crippen LogP contribution in [-0.2, 0) is 27.8 Å². The summed E-state index contributed by atoms with van der Waals surface area (Å²) >= 11 is 0. The molecule has 2 fully saturated rings. The molecule has 38 heavy (non-hydrogen) atoms. The van der Waals surface area contributed by atoms with Crippen molar-refractivity contribution in [2.45, 2.75) is 50.8 Å². The first-order chi connectivity index (χ1) is 18.0. The van der Waals surface area contributed by atoms with Crippen LogP contribution in [0.4, 0.5) is 0 Å². The number of amidine groups is 1. The van der Waals surface area contributed by atoms with Crippen molar-refractivity contribution in [2.75, 3.05) is 6.54 Å². The fraction of sp³-hybridized carbons (Fsp3) is 0.407. The van der Waals surface area contributed by atoms with E-state index in [1.807, 2.05) is 48.7 Å². The molecule has 2 heterocycles. The first-order valence-corrected chi connectivity index (χ1v) is 14.3. The molecule has 0 aliphatic heterocycles. The zero-order chi connectivity index (χ0) is 26.9. The van der Waals surface area contributed by atoms with E-state index < -0.39 is 20.2 Å². The van der Waals surface area contributed by atoms with Gasteiger partial charge in [0, 0.05) is 25.1 Å². The van der Waals surface area contributed by atoms with Crippen molar-refractivity contribution in [2.24, 2.45) is 17.1 Å². The monoisotopic (exact) mass is 533 g/mol. The lowest BCUT2D eigenvalue weighted by atomic mass is 9.81. The lowest BCUT2D eigenvalue weighted by molar-refractivity contribution is -0.121. The molecule has 2 aliphatic rings. The Morgan fingerprint density at radius 2 is 2.00 bits per heavy atom. The minimum atomic E-state index is -3.87.